The summed E-state index contributed by atoms with van der Waals surface area (Å²) >= 11 is 5.95. The molecule has 3 nitrogen and oxygen atoms in total. The van der Waals surface area contributed by atoms with Crippen LogP contribution in [0.2, 0.25) is 5.02 Å². The van der Waals surface area contributed by atoms with Gasteiger partial charge in [-0.15, -0.1) is 0 Å². The van der Waals surface area contributed by atoms with E-state index in [2.05, 4.69) is 10.4 Å². The summed E-state index contributed by atoms with van der Waals surface area (Å²) in [5, 5.41) is 7.75. The predicted octanol–water partition coefficient (Wildman–Crippen LogP) is 3.39. The molecule has 0 fully saturated rings. The van der Waals surface area contributed by atoms with Gasteiger partial charge in [-0.2, -0.15) is 5.10 Å². The van der Waals surface area contributed by atoms with Gasteiger partial charge in [0.25, 0.3) is 0 Å². The third-order valence-electron chi connectivity index (χ3n) is 2.75. The molecule has 1 aromatic carbocycles. The van der Waals surface area contributed by atoms with E-state index in [0.29, 0.717) is 17.3 Å². The molecule has 2 aromatic rings. The number of benzene rings is 1. The minimum Gasteiger partial charge on any atom is -0.377 e. The second kappa shape index (κ2) is 5.40. The fourth-order valence-electron chi connectivity index (χ4n) is 1.88. The maximum atomic E-state index is 13.6. The quantitative estimate of drug-likeness (QED) is 0.920. The van der Waals surface area contributed by atoms with Crippen molar-refractivity contribution in [3.63, 3.8) is 0 Å². The predicted molar refractivity (Wildman–Crippen MR) is 71.3 cm³/mol. The molecular formula is C13H15ClFN3. The summed E-state index contributed by atoms with van der Waals surface area (Å²) in [6.45, 7) is 2.56. The average molecular weight is 268 g/mol. The molecule has 1 N–H and O–H groups in total. The van der Waals surface area contributed by atoms with Gasteiger partial charge in [-0.3, -0.25) is 4.68 Å². The van der Waals surface area contributed by atoms with E-state index in [1.165, 1.54) is 6.07 Å². The first kappa shape index (κ1) is 12.9. The molecule has 1 aromatic heterocycles. The normalized spacial score (nSPS) is 10.7. The lowest BCUT2D eigenvalue weighted by Gasteiger charge is -2.08. The van der Waals surface area contributed by atoms with E-state index in [1.54, 1.807) is 16.8 Å². The van der Waals surface area contributed by atoms with Crippen LogP contribution in [-0.2, 0) is 20.0 Å². The van der Waals surface area contributed by atoms with Crippen LogP contribution in [0.25, 0.3) is 0 Å². The van der Waals surface area contributed by atoms with Gasteiger partial charge in [-0.05, 0) is 18.6 Å². The third-order valence-corrected chi connectivity index (χ3v) is 3.06. The van der Waals surface area contributed by atoms with Crippen molar-refractivity contribution < 1.29 is 4.39 Å². The molecule has 0 unspecified atom stereocenters. The van der Waals surface area contributed by atoms with Crippen LogP contribution in [0.3, 0.4) is 0 Å². The number of nitrogens with zero attached hydrogens (tertiary/aromatic N) is 2. The van der Waals surface area contributed by atoms with Crippen LogP contribution in [0.4, 0.5) is 10.1 Å². The van der Waals surface area contributed by atoms with Crippen LogP contribution >= 0.6 is 11.6 Å². The van der Waals surface area contributed by atoms with Gasteiger partial charge in [0.1, 0.15) is 5.82 Å². The fourth-order valence-corrected chi connectivity index (χ4v) is 2.11. The Morgan fingerprint density at radius 2 is 2.22 bits per heavy atom. The average Bonchev–Trinajstić information content (AvgIpc) is 2.69. The topological polar surface area (TPSA) is 29.9 Å². The van der Waals surface area contributed by atoms with Gasteiger partial charge in [0, 0.05) is 25.4 Å². The summed E-state index contributed by atoms with van der Waals surface area (Å²) in [5.41, 5.74) is 2.40. The van der Waals surface area contributed by atoms with E-state index in [0.717, 1.165) is 17.7 Å². The van der Waals surface area contributed by atoms with Crippen molar-refractivity contribution in [1.82, 2.24) is 9.78 Å². The smallest absolute Gasteiger partial charge is 0.147 e. The SMILES string of the molecule is CCc1nn(C)cc1CNc1c(F)cccc1Cl. The summed E-state index contributed by atoms with van der Waals surface area (Å²) in [6.07, 6.45) is 2.78. The fraction of sp³-hybridized carbons (Fsp3) is 0.308. The van der Waals surface area contributed by atoms with Crippen molar-refractivity contribution >= 4 is 17.3 Å². The Kier molecular flexibility index (Phi) is 3.87. The zero-order valence-corrected chi connectivity index (χ0v) is 11.1. The van der Waals surface area contributed by atoms with Crippen molar-refractivity contribution in [3.05, 3.63) is 46.5 Å². The van der Waals surface area contributed by atoms with Gasteiger partial charge < -0.3 is 5.32 Å². The standard InChI is InChI=1S/C13H15ClFN3/c1-3-12-9(8-18(2)17-12)7-16-13-10(14)5-4-6-11(13)15/h4-6,8,16H,3,7H2,1-2H3. The largest absolute Gasteiger partial charge is 0.377 e. The minimum absolute atomic E-state index is 0.338. The highest BCUT2D eigenvalue weighted by molar-refractivity contribution is 6.33. The second-order valence-electron chi connectivity index (χ2n) is 4.08. The number of hydrogen-bond acceptors (Lipinski definition) is 2. The second-order valence-corrected chi connectivity index (χ2v) is 4.49. The van der Waals surface area contributed by atoms with Gasteiger partial charge in [0.15, 0.2) is 0 Å². The van der Waals surface area contributed by atoms with E-state index in [1.807, 2.05) is 20.2 Å². The van der Waals surface area contributed by atoms with Crippen molar-refractivity contribution in [2.24, 2.45) is 7.05 Å². The number of aromatic nitrogens is 2. The minimum atomic E-state index is -0.343. The van der Waals surface area contributed by atoms with Gasteiger partial charge >= 0.3 is 0 Å². The Morgan fingerprint density at radius 1 is 1.44 bits per heavy atom. The van der Waals surface area contributed by atoms with Gasteiger partial charge in [0.05, 0.1) is 16.4 Å². The maximum Gasteiger partial charge on any atom is 0.147 e. The molecule has 2 rings (SSSR count). The Bertz CT molecular complexity index is 531. The maximum absolute atomic E-state index is 13.6. The zero-order chi connectivity index (χ0) is 13.1. The van der Waals surface area contributed by atoms with E-state index in [4.69, 9.17) is 11.6 Å². The van der Waals surface area contributed by atoms with Gasteiger partial charge in [-0.25, -0.2) is 4.39 Å². The van der Waals surface area contributed by atoms with Crippen LogP contribution < -0.4 is 5.32 Å². The van der Waals surface area contributed by atoms with E-state index >= 15 is 0 Å². The highest BCUT2D eigenvalue weighted by Crippen LogP contribution is 2.25. The van der Waals surface area contributed by atoms with Crippen LogP contribution in [0.5, 0.6) is 0 Å². The highest BCUT2D eigenvalue weighted by atomic mass is 35.5. The Hall–Kier alpha value is -1.55. The molecule has 1 heterocycles. The lowest BCUT2D eigenvalue weighted by Crippen LogP contribution is -2.03. The summed E-state index contributed by atoms with van der Waals surface area (Å²) < 4.78 is 15.3. The molecule has 0 radical (unpaired) electrons. The summed E-state index contributed by atoms with van der Waals surface area (Å²) in [7, 11) is 1.87. The molecule has 0 atom stereocenters. The van der Waals surface area contributed by atoms with Crippen molar-refractivity contribution in [1.29, 1.82) is 0 Å². The Morgan fingerprint density at radius 3 is 2.89 bits per heavy atom. The number of halogens is 2. The van der Waals surface area contributed by atoms with Crippen LogP contribution in [0.1, 0.15) is 18.2 Å². The molecule has 0 aliphatic heterocycles. The van der Waals surface area contributed by atoms with Crippen LogP contribution in [0, 0.1) is 5.82 Å². The number of aryl methyl sites for hydroxylation is 2. The van der Waals surface area contributed by atoms with E-state index in [-0.39, 0.29) is 5.82 Å². The number of rotatable bonds is 4. The number of para-hydroxylation sites is 1. The molecule has 0 amide bonds. The first-order valence-electron chi connectivity index (χ1n) is 5.81. The highest BCUT2D eigenvalue weighted by Gasteiger charge is 2.09. The zero-order valence-electron chi connectivity index (χ0n) is 10.4. The Labute approximate surface area is 111 Å². The molecule has 0 saturated carbocycles. The van der Waals surface area contributed by atoms with E-state index < -0.39 is 0 Å². The van der Waals surface area contributed by atoms with Crippen LogP contribution in [0.15, 0.2) is 24.4 Å². The third kappa shape index (κ3) is 2.64. The molecule has 96 valence electrons. The molecule has 5 heteroatoms. The van der Waals surface area contributed by atoms with Gasteiger partial charge in [0.2, 0.25) is 0 Å². The molecular weight excluding hydrogens is 253 g/mol. The molecule has 0 bridgehead atoms. The molecule has 18 heavy (non-hydrogen) atoms. The lowest BCUT2D eigenvalue weighted by molar-refractivity contribution is 0.630. The van der Waals surface area contributed by atoms with Crippen molar-refractivity contribution in [3.8, 4) is 0 Å². The molecule has 0 spiro atoms. The summed E-state index contributed by atoms with van der Waals surface area (Å²) in [5.74, 6) is -0.343. The van der Waals surface area contributed by atoms with E-state index in [9.17, 15) is 4.39 Å². The Balaban J connectivity index is 2.16. The molecule has 0 aliphatic rings. The van der Waals surface area contributed by atoms with Crippen LogP contribution in [-0.4, -0.2) is 9.78 Å². The number of anilines is 1. The number of nitrogens with one attached hydrogen (secondary N) is 1. The summed E-state index contributed by atoms with van der Waals surface area (Å²) in [6, 6.07) is 4.64. The van der Waals surface area contributed by atoms with Crippen molar-refractivity contribution in [2.45, 2.75) is 19.9 Å². The van der Waals surface area contributed by atoms with Gasteiger partial charge in [-0.1, -0.05) is 24.6 Å². The first-order chi connectivity index (χ1) is 8.61. The van der Waals surface area contributed by atoms with Crippen molar-refractivity contribution in [2.75, 3.05) is 5.32 Å². The molecule has 0 saturated heterocycles. The first-order valence-corrected chi connectivity index (χ1v) is 6.19. The molecule has 0 aliphatic carbocycles. The summed E-state index contributed by atoms with van der Waals surface area (Å²) in [4.78, 5) is 0. The monoisotopic (exact) mass is 267 g/mol. The number of hydrogen-bond donors (Lipinski definition) is 1. The lowest BCUT2D eigenvalue weighted by atomic mass is 10.2.